The SMILES string of the molecule is COc1ccc(OC)c([C@@H]2C(C#N)=C(N)Oc3cc(C)n(CC[NH+](C)C)c(=O)c32)c1. The summed E-state index contributed by atoms with van der Waals surface area (Å²) < 4.78 is 18.3. The van der Waals surface area contributed by atoms with Gasteiger partial charge in [0.2, 0.25) is 5.88 Å². The number of pyridine rings is 1. The van der Waals surface area contributed by atoms with Crippen LogP contribution in [0, 0.1) is 18.3 Å². The van der Waals surface area contributed by atoms with Crippen LogP contribution in [0.1, 0.15) is 22.7 Å². The smallest absolute Gasteiger partial charge is 0.258 e. The van der Waals surface area contributed by atoms with E-state index in [0.29, 0.717) is 34.9 Å². The molecule has 158 valence electrons. The number of quaternary nitrogens is 1. The van der Waals surface area contributed by atoms with Crippen molar-refractivity contribution in [2.75, 3.05) is 34.9 Å². The highest BCUT2D eigenvalue weighted by molar-refractivity contribution is 5.59. The molecule has 1 aromatic heterocycles. The van der Waals surface area contributed by atoms with Crippen LogP contribution in [0.15, 0.2) is 40.5 Å². The molecule has 0 unspecified atom stereocenters. The molecule has 3 N–H and O–H groups in total. The second-order valence-corrected chi connectivity index (χ2v) is 7.51. The number of methoxy groups -OCH3 is 2. The first-order valence-electron chi connectivity index (χ1n) is 9.65. The first kappa shape index (κ1) is 21.3. The Morgan fingerprint density at radius 2 is 2.00 bits per heavy atom. The number of ether oxygens (including phenoxy) is 3. The van der Waals surface area contributed by atoms with E-state index in [4.69, 9.17) is 19.9 Å². The van der Waals surface area contributed by atoms with E-state index in [1.807, 2.05) is 21.0 Å². The number of hydrogen-bond donors (Lipinski definition) is 2. The van der Waals surface area contributed by atoms with E-state index in [1.165, 1.54) is 12.0 Å². The Balaban J connectivity index is 2.31. The number of aromatic nitrogens is 1. The van der Waals surface area contributed by atoms with Crippen molar-refractivity contribution >= 4 is 0 Å². The first-order chi connectivity index (χ1) is 14.3. The molecular weight excluding hydrogens is 384 g/mol. The summed E-state index contributed by atoms with van der Waals surface area (Å²) in [6.07, 6.45) is 0. The highest BCUT2D eigenvalue weighted by atomic mass is 16.5. The molecule has 0 saturated heterocycles. The molecule has 0 bridgehead atoms. The highest BCUT2D eigenvalue weighted by Crippen LogP contribution is 2.44. The number of hydrogen-bond acceptors (Lipinski definition) is 6. The number of rotatable bonds is 6. The first-order valence-corrected chi connectivity index (χ1v) is 9.65. The van der Waals surface area contributed by atoms with E-state index in [9.17, 15) is 10.1 Å². The molecule has 0 aliphatic carbocycles. The van der Waals surface area contributed by atoms with Crippen LogP contribution in [0.3, 0.4) is 0 Å². The summed E-state index contributed by atoms with van der Waals surface area (Å²) >= 11 is 0. The molecule has 0 fully saturated rings. The zero-order valence-electron chi connectivity index (χ0n) is 17.9. The molecule has 2 aromatic rings. The van der Waals surface area contributed by atoms with Gasteiger partial charge in [-0.05, 0) is 25.1 Å². The average molecular weight is 411 g/mol. The van der Waals surface area contributed by atoms with E-state index in [-0.39, 0.29) is 17.0 Å². The summed E-state index contributed by atoms with van der Waals surface area (Å²) in [6, 6.07) is 9.18. The number of nitrogens with two attached hydrogens (primary N) is 1. The van der Waals surface area contributed by atoms with Crippen LogP contribution in [-0.2, 0) is 6.54 Å². The summed E-state index contributed by atoms with van der Waals surface area (Å²) in [7, 11) is 7.16. The molecule has 1 aliphatic rings. The van der Waals surface area contributed by atoms with Gasteiger partial charge in [-0.2, -0.15) is 5.26 Å². The van der Waals surface area contributed by atoms with Gasteiger partial charge >= 0.3 is 0 Å². The van der Waals surface area contributed by atoms with Crippen molar-refractivity contribution < 1.29 is 19.1 Å². The molecule has 1 aliphatic heterocycles. The van der Waals surface area contributed by atoms with Crippen molar-refractivity contribution in [1.82, 2.24) is 4.57 Å². The summed E-state index contributed by atoms with van der Waals surface area (Å²) in [5, 5.41) is 9.85. The molecule has 3 rings (SSSR count). The Hall–Kier alpha value is -3.44. The fourth-order valence-electron chi connectivity index (χ4n) is 3.68. The van der Waals surface area contributed by atoms with E-state index in [1.54, 1.807) is 35.9 Å². The third kappa shape index (κ3) is 3.72. The Morgan fingerprint density at radius 1 is 1.27 bits per heavy atom. The van der Waals surface area contributed by atoms with Crippen molar-refractivity contribution in [2.45, 2.75) is 19.4 Å². The van der Waals surface area contributed by atoms with Crippen LogP contribution in [0.4, 0.5) is 0 Å². The summed E-state index contributed by atoms with van der Waals surface area (Å²) in [4.78, 5) is 14.8. The third-order valence-electron chi connectivity index (χ3n) is 5.27. The molecule has 30 heavy (non-hydrogen) atoms. The van der Waals surface area contributed by atoms with Crippen molar-refractivity contribution in [3.05, 3.63) is 62.9 Å². The van der Waals surface area contributed by atoms with Gasteiger partial charge in [0.25, 0.3) is 5.56 Å². The van der Waals surface area contributed by atoms with Gasteiger partial charge < -0.3 is 29.4 Å². The van der Waals surface area contributed by atoms with Crippen LogP contribution in [0.5, 0.6) is 17.2 Å². The standard InChI is InChI=1S/C22H26N4O4/c1-13-10-18-20(22(27)26(13)9-8-25(2)3)19(16(12-23)21(24)30-18)15-11-14(28-4)6-7-17(15)29-5/h6-7,10-11,19H,8-9,24H2,1-5H3/p+1/t19-/m1/s1. The zero-order valence-corrected chi connectivity index (χ0v) is 17.9. The molecule has 1 atom stereocenters. The van der Waals surface area contributed by atoms with Crippen molar-refractivity contribution in [1.29, 1.82) is 5.26 Å². The largest absolute Gasteiger partial charge is 0.497 e. The zero-order chi connectivity index (χ0) is 22.0. The van der Waals surface area contributed by atoms with Crippen LogP contribution in [0.25, 0.3) is 0 Å². The number of benzene rings is 1. The second-order valence-electron chi connectivity index (χ2n) is 7.51. The van der Waals surface area contributed by atoms with Crippen molar-refractivity contribution in [3.63, 3.8) is 0 Å². The normalized spacial score (nSPS) is 15.4. The fourth-order valence-corrected chi connectivity index (χ4v) is 3.68. The highest BCUT2D eigenvalue weighted by Gasteiger charge is 2.36. The van der Waals surface area contributed by atoms with Crippen molar-refractivity contribution in [2.24, 2.45) is 5.73 Å². The number of aryl methyl sites for hydroxylation is 1. The number of nitrogens with one attached hydrogen (secondary N) is 1. The molecule has 0 spiro atoms. The summed E-state index contributed by atoms with van der Waals surface area (Å²) in [5.41, 5.74) is 7.79. The minimum Gasteiger partial charge on any atom is -0.497 e. The van der Waals surface area contributed by atoms with E-state index >= 15 is 0 Å². The quantitative estimate of drug-likeness (QED) is 0.719. The molecule has 2 heterocycles. The van der Waals surface area contributed by atoms with E-state index < -0.39 is 5.92 Å². The minimum atomic E-state index is -0.727. The maximum absolute atomic E-state index is 13.6. The molecule has 8 nitrogen and oxygen atoms in total. The maximum Gasteiger partial charge on any atom is 0.258 e. The summed E-state index contributed by atoms with van der Waals surface area (Å²) in [5.74, 6) is 0.721. The molecular formula is C22H27N4O4+. The Morgan fingerprint density at radius 3 is 2.60 bits per heavy atom. The van der Waals surface area contributed by atoms with Crippen LogP contribution in [0.2, 0.25) is 0 Å². The van der Waals surface area contributed by atoms with Gasteiger partial charge in [-0.1, -0.05) is 0 Å². The Kier molecular flexibility index (Phi) is 6.04. The lowest BCUT2D eigenvalue weighted by Gasteiger charge is -2.28. The lowest BCUT2D eigenvalue weighted by Crippen LogP contribution is -3.06. The molecule has 0 saturated carbocycles. The van der Waals surface area contributed by atoms with Gasteiger partial charge in [-0.25, -0.2) is 0 Å². The second kappa shape index (κ2) is 8.51. The van der Waals surface area contributed by atoms with Crippen LogP contribution >= 0.6 is 0 Å². The third-order valence-corrected chi connectivity index (χ3v) is 5.27. The van der Waals surface area contributed by atoms with Gasteiger partial charge in [0.05, 0.1) is 52.9 Å². The number of allylic oxidation sites excluding steroid dienone is 1. The van der Waals surface area contributed by atoms with Crippen LogP contribution < -0.4 is 30.4 Å². The summed E-state index contributed by atoms with van der Waals surface area (Å²) in [6.45, 7) is 3.18. The molecule has 1 aromatic carbocycles. The van der Waals surface area contributed by atoms with Crippen LogP contribution in [-0.4, -0.2) is 39.4 Å². The topological polar surface area (TPSA) is 104 Å². The molecule has 0 amide bonds. The predicted molar refractivity (Wildman–Crippen MR) is 112 cm³/mol. The van der Waals surface area contributed by atoms with E-state index in [0.717, 1.165) is 12.2 Å². The van der Waals surface area contributed by atoms with Gasteiger partial charge in [-0.3, -0.25) is 4.79 Å². The van der Waals surface area contributed by atoms with Crippen molar-refractivity contribution in [3.8, 4) is 23.3 Å². The van der Waals surface area contributed by atoms with E-state index in [2.05, 4.69) is 6.07 Å². The lowest BCUT2D eigenvalue weighted by atomic mass is 9.83. The fraction of sp³-hybridized carbons (Fsp3) is 0.364. The minimum absolute atomic E-state index is 0.0193. The van der Waals surface area contributed by atoms with Gasteiger partial charge in [0, 0.05) is 17.3 Å². The number of likely N-dealkylation sites (N-methyl/N-ethyl adjacent to an activating group) is 1. The number of fused-ring (bicyclic) bond motifs is 1. The van der Waals surface area contributed by atoms with Gasteiger partial charge in [-0.15, -0.1) is 0 Å². The number of nitriles is 1. The van der Waals surface area contributed by atoms with Gasteiger partial charge in [0.15, 0.2) is 0 Å². The lowest BCUT2D eigenvalue weighted by molar-refractivity contribution is -0.858. The average Bonchev–Trinajstić information content (AvgIpc) is 2.71. The molecule has 0 radical (unpaired) electrons. The molecule has 8 heteroatoms. The maximum atomic E-state index is 13.6. The monoisotopic (exact) mass is 411 g/mol. The Bertz CT molecular complexity index is 1100. The van der Waals surface area contributed by atoms with Gasteiger partial charge in [0.1, 0.15) is 28.9 Å². The Labute approximate surface area is 175 Å². The predicted octanol–water partition coefficient (Wildman–Crippen LogP) is 0.537. The number of nitrogens with zero attached hydrogens (tertiary/aromatic N) is 2.